The highest BCUT2D eigenvalue weighted by Crippen LogP contribution is 2.34. The van der Waals surface area contributed by atoms with Crippen LogP contribution < -0.4 is 5.73 Å². The Labute approximate surface area is 159 Å². The predicted molar refractivity (Wildman–Crippen MR) is 104 cm³/mol. The molecule has 1 fully saturated rings. The van der Waals surface area contributed by atoms with Crippen molar-refractivity contribution < 1.29 is 9.18 Å². The molecule has 0 radical (unpaired) electrons. The quantitative estimate of drug-likeness (QED) is 0.824. The van der Waals surface area contributed by atoms with Gasteiger partial charge in [-0.1, -0.05) is 26.0 Å². The number of rotatable bonds is 3. The van der Waals surface area contributed by atoms with Crippen molar-refractivity contribution in [1.29, 1.82) is 5.26 Å². The topological polar surface area (TPSA) is 70.1 Å². The van der Waals surface area contributed by atoms with Gasteiger partial charge in [-0.05, 0) is 54.2 Å². The Morgan fingerprint density at radius 2 is 1.85 bits per heavy atom. The van der Waals surface area contributed by atoms with Gasteiger partial charge in [0, 0.05) is 30.3 Å². The van der Waals surface area contributed by atoms with Crippen LogP contribution in [0.2, 0.25) is 0 Å². The SMILES string of the molecule is CC(C)C(=O)N1CCC(c2cc(F)c(C#N)c(-c3ccc(N)cc3)c2)CC1. The number of hydrogen-bond acceptors (Lipinski definition) is 3. The van der Waals surface area contributed by atoms with E-state index in [2.05, 4.69) is 0 Å². The summed E-state index contributed by atoms with van der Waals surface area (Å²) in [6.45, 7) is 5.17. The highest BCUT2D eigenvalue weighted by Gasteiger charge is 2.26. The van der Waals surface area contributed by atoms with Crippen LogP contribution >= 0.6 is 0 Å². The number of amides is 1. The Morgan fingerprint density at radius 3 is 2.41 bits per heavy atom. The Balaban J connectivity index is 1.88. The fraction of sp³-hybridized carbons (Fsp3) is 0.364. The third-order valence-electron chi connectivity index (χ3n) is 5.22. The van der Waals surface area contributed by atoms with E-state index in [1.165, 1.54) is 6.07 Å². The first-order valence-electron chi connectivity index (χ1n) is 9.29. The molecule has 0 bridgehead atoms. The van der Waals surface area contributed by atoms with E-state index in [0.29, 0.717) is 24.3 Å². The zero-order valence-electron chi connectivity index (χ0n) is 15.7. The van der Waals surface area contributed by atoms with Crippen LogP contribution in [0.25, 0.3) is 11.1 Å². The van der Waals surface area contributed by atoms with Gasteiger partial charge in [0.1, 0.15) is 11.9 Å². The highest BCUT2D eigenvalue weighted by atomic mass is 19.1. The van der Waals surface area contributed by atoms with Crippen molar-refractivity contribution in [2.75, 3.05) is 18.8 Å². The van der Waals surface area contributed by atoms with Gasteiger partial charge in [0.2, 0.25) is 5.91 Å². The molecular weight excluding hydrogens is 341 g/mol. The maximum absolute atomic E-state index is 14.6. The van der Waals surface area contributed by atoms with Gasteiger partial charge in [0.25, 0.3) is 0 Å². The van der Waals surface area contributed by atoms with Crippen molar-refractivity contribution >= 4 is 11.6 Å². The average molecular weight is 365 g/mol. The second-order valence-electron chi connectivity index (χ2n) is 7.41. The fourth-order valence-electron chi connectivity index (χ4n) is 3.67. The summed E-state index contributed by atoms with van der Waals surface area (Å²) in [5.41, 5.74) is 8.66. The van der Waals surface area contributed by atoms with E-state index < -0.39 is 5.82 Å². The van der Waals surface area contributed by atoms with Gasteiger partial charge in [-0.25, -0.2) is 4.39 Å². The lowest BCUT2D eigenvalue weighted by molar-refractivity contribution is -0.135. The smallest absolute Gasteiger partial charge is 0.225 e. The normalized spacial score (nSPS) is 15.0. The molecule has 0 aliphatic carbocycles. The minimum Gasteiger partial charge on any atom is -0.399 e. The Kier molecular flexibility index (Phi) is 5.46. The van der Waals surface area contributed by atoms with Crippen LogP contribution in [0.4, 0.5) is 10.1 Å². The number of likely N-dealkylation sites (tertiary alicyclic amines) is 1. The van der Waals surface area contributed by atoms with Gasteiger partial charge in [0.05, 0.1) is 5.56 Å². The molecule has 0 aromatic heterocycles. The molecule has 2 aromatic rings. The molecule has 4 nitrogen and oxygen atoms in total. The number of anilines is 1. The third-order valence-corrected chi connectivity index (χ3v) is 5.22. The molecule has 1 aliphatic heterocycles. The van der Waals surface area contributed by atoms with Crippen molar-refractivity contribution in [3.8, 4) is 17.2 Å². The molecule has 0 spiro atoms. The molecule has 27 heavy (non-hydrogen) atoms. The van der Waals surface area contributed by atoms with E-state index in [1.807, 2.05) is 30.9 Å². The lowest BCUT2D eigenvalue weighted by atomic mass is 9.86. The summed E-state index contributed by atoms with van der Waals surface area (Å²) < 4.78 is 14.6. The van der Waals surface area contributed by atoms with Crippen LogP contribution in [-0.2, 0) is 4.79 Å². The summed E-state index contributed by atoms with van der Waals surface area (Å²) in [5, 5.41) is 9.41. The number of hydrogen-bond donors (Lipinski definition) is 1. The van der Waals surface area contributed by atoms with Gasteiger partial charge in [-0.2, -0.15) is 5.26 Å². The monoisotopic (exact) mass is 365 g/mol. The van der Waals surface area contributed by atoms with Crippen LogP contribution in [0.1, 0.15) is 43.7 Å². The van der Waals surface area contributed by atoms with E-state index in [0.717, 1.165) is 24.0 Å². The van der Waals surface area contributed by atoms with Crippen LogP contribution in [-0.4, -0.2) is 23.9 Å². The summed E-state index contributed by atoms with van der Waals surface area (Å²) in [6.07, 6.45) is 1.59. The van der Waals surface area contributed by atoms with Crippen LogP contribution in [0.15, 0.2) is 36.4 Å². The van der Waals surface area contributed by atoms with Crippen molar-refractivity contribution in [2.45, 2.75) is 32.6 Å². The van der Waals surface area contributed by atoms with Gasteiger partial charge >= 0.3 is 0 Å². The zero-order valence-corrected chi connectivity index (χ0v) is 15.7. The van der Waals surface area contributed by atoms with E-state index in [9.17, 15) is 14.4 Å². The lowest BCUT2D eigenvalue weighted by Gasteiger charge is -2.33. The molecule has 3 rings (SSSR count). The number of nitrogens with two attached hydrogens (primary N) is 1. The first-order chi connectivity index (χ1) is 12.9. The zero-order chi connectivity index (χ0) is 19.6. The van der Waals surface area contributed by atoms with E-state index in [4.69, 9.17) is 5.73 Å². The summed E-state index contributed by atoms with van der Waals surface area (Å²) in [5.74, 6) is -0.161. The maximum atomic E-state index is 14.6. The van der Waals surface area contributed by atoms with Crippen molar-refractivity contribution in [3.63, 3.8) is 0 Å². The largest absolute Gasteiger partial charge is 0.399 e. The van der Waals surface area contributed by atoms with Crippen LogP contribution in [0.5, 0.6) is 0 Å². The molecule has 0 saturated carbocycles. The van der Waals surface area contributed by atoms with E-state index >= 15 is 0 Å². The van der Waals surface area contributed by atoms with Crippen molar-refractivity contribution in [2.24, 2.45) is 5.92 Å². The number of halogens is 1. The van der Waals surface area contributed by atoms with E-state index in [1.54, 1.807) is 24.3 Å². The highest BCUT2D eigenvalue weighted by molar-refractivity contribution is 5.78. The number of carbonyl (C=O) groups is 1. The number of nitrogen functional groups attached to an aromatic ring is 1. The summed E-state index contributed by atoms with van der Waals surface area (Å²) in [6, 6.07) is 12.5. The molecule has 1 saturated heterocycles. The number of carbonyl (C=O) groups excluding carboxylic acids is 1. The molecule has 0 unspecified atom stereocenters. The molecule has 1 amide bonds. The second kappa shape index (κ2) is 7.79. The standard InChI is InChI=1S/C22H24FN3O/c1-14(2)22(27)26-9-7-15(8-10-26)17-11-19(20(13-24)21(23)12-17)16-3-5-18(25)6-4-16/h3-6,11-12,14-15H,7-10,25H2,1-2H3. The Hall–Kier alpha value is -2.87. The lowest BCUT2D eigenvalue weighted by Crippen LogP contribution is -2.40. The number of nitrogens with zero attached hydrogens (tertiary/aromatic N) is 2. The number of benzene rings is 2. The molecule has 2 N–H and O–H groups in total. The summed E-state index contributed by atoms with van der Waals surface area (Å²) in [4.78, 5) is 14.1. The molecule has 2 aromatic carbocycles. The minimum atomic E-state index is -0.498. The average Bonchev–Trinajstić information content (AvgIpc) is 2.67. The predicted octanol–water partition coefficient (Wildman–Crippen LogP) is 4.31. The van der Waals surface area contributed by atoms with Crippen molar-refractivity contribution in [1.82, 2.24) is 4.90 Å². The maximum Gasteiger partial charge on any atom is 0.225 e. The van der Waals surface area contributed by atoms with Gasteiger partial charge in [0.15, 0.2) is 0 Å². The van der Waals surface area contributed by atoms with Gasteiger partial charge < -0.3 is 10.6 Å². The summed E-state index contributed by atoms with van der Waals surface area (Å²) in [7, 11) is 0. The Morgan fingerprint density at radius 1 is 1.22 bits per heavy atom. The summed E-state index contributed by atoms with van der Waals surface area (Å²) >= 11 is 0. The molecule has 1 aliphatic rings. The third kappa shape index (κ3) is 3.95. The van der Waals surface area contributed by atoms with E-state index in [-0.39, 0.29) is 23.3 Å². The van der Waals surface area contributed by atoms with Gasteiger partial charge in [-0.15, -0.1) is 0 Å². The minimum absolute atomic E-state index is 0.00831. The molecule has 0 atom stereocenters. The number of piperidine rings is 1. The molecule has 1 heterocycles. The first kappa shape index (κ1) is 18.9. The van der Waals surface area contributed by atoms with Gasteiger partial charge in [-0.3, -0.25) is 4.79 Å². The molecule has 140 valence electrons. The molecular formula is C22H24FN3O. The van der Waals surface area contributed by atoms with Crippen LogP contribution in [0.3, 0.4) is 0 Å². The first-order valence-corrected chi connectivity index (χ1v) is 9.29. The fourth-order valence-corrected chi connectivity index (χ4v) is 3.67. The van der Waals surface area contributed by atoms with Crippen molar-refractivity contribution in [3.05, 3.63) is 53.3 Å². The number of nitriles is 1. The molecule has 5 heteroatoms. The van der Waals surface area contributed by atoms with Crippen LogP contribution in [0, 0.1) is 23.1 Å². The Bertz CT molecular complexity index is 876. The second-order valence-corrected chi connectivity index (χ2v) is 7.41.